The molecule has 0 aliphatic heterocycles. The van der Waals surface area contributed by atoms with Crippen molar-refractivity contribution in [1.29, 1.82) is 0 Å². The first-order chi connectivity index (χ1) is 5.73. The van der Waals surface area contributed by atoms with Crippen molar-refractivity contribution >= 4 is 0 Å². The molecule has 0 aromatic rings. The van der Waals surface area contributed by atoms with E-state index in [0.29, 0.717) is 0 Å². The van der Waals surface area contributed by atoms with Crippen LogP contribution in [-0.4, -0.2) is 0 Å². The summed E-state index contributed by atoms with van der Waals surface area (Å²) in [6.45, 7) is 4.71. The maximum absolute atomic E-state index is 2.52. The fourth-order valence-electron chi connectivity index (χ4n) is 3.15. The molecule has 0 heterocycles. The van der Waals surface area contributed by atoms with Crippen molar-refractivity contribution in [3.8, 4) is 0 Å². The lowest BCUT2D eigenvalue weighted by Gasteiger charge is -2.38. The van der Waals surface area contributed by atoms with Crippen molar-refractivity contribution in [3.63, 3.8) is 0 Å². The van der Waals surface area contributed by atoms with E-state index in [2.05, 4.69) is 19.9 Å². The minimum atomic E-state index is 0.736. The van der Waals surface area contributed by atoms with Crippen LogP contribution in [0.4, 0.5) is 0 Å². The van der Waals surface area contributed by atoms with E-state index < -0.39 is 0 Å². The van der Waals surface area contributed by atoms with Crippen molar-refractivity contribution in [2.45, 2.75) is 52.4 Å². The van der Waals surface area contributed by atoms with Crippen molar-refractivity contribution in [2.75, 3.05) is 0 Å². The zero-order chi connectivity index (χ0) is 8.60. The van der Waals surface area contributed by atoms with Crippen LogP contribution in [0.25, 0.3) is 0 Å². The minimum absolute atomic E-state index is 0.736. The second-order valence-electron chi connectivity index (χ2n) is 4.87. The highest BCUT2D eigenvalue weighted by Gasteiger charge is 2.39. The molecule has 0 amide bonds. The molecule has 1 fully saturated rings. The normalized spacial score (nSPS) is 33.8. The van der Waals surface area contributed by atoms with E-state index in [9.17, 15) is 0 Å². The Labute approximate surface area is 76.1 Å². The number of allylic oxidation sites excluding steroid dienone is 2. The molecule has 2 rings (SSSR count). The van der Waals surface area contributed by atoms with E-state index in [1.54, 1.807) is 5.57 Å². The molecule has 1 unspecified atom stereocenters. The lowest BCUT2D eigenvalue weighted by molar-refractivity contribution is 0.188. The van der Waals surface area contributed by atoms with E-state index in [4.69, 9.17) is 0 Å². The van der Waals surface area contributed by atoms with Crippen molar-refractivity contribution in [2.24, 2.45) is 11.3 Å². The lowest BCUT2D eigenvalue weighted by atomic mass is 9.67. The van der Waals surface area contributed by atoms with Crippen LogP contribution in [0.5, 0.6) is 0 Å². The van der Waals surface area contributed by atoms with Crippen LogP contribution >= 0.6 is 0 Å². The molecule has 68 valence electrons. The van der Waals surface area contributed by atoms with Crippen LogP contribution in [0.3, 0.4) is 0 Å². The molecule has 12 heavy (non-hydrogen) atoms. The summed E-state index contributed by atoms with van der Waals surface area (Å²) < 4.78 is 0. The molecule has 0 nitrogen and oxygen atoms in total. The van der Waals surface area contributed by atoms with E-state index in [0.717, 1.165) is 11.3 Å². The monoisotopic (exact) mass is 164 g/mol. The molecule has 0 heteroatoms. The molecule has 0 aromatic heterocycles. The van der Waals surface area contributed by atoms with Gasteiger partial charge in [0.15, 0.2) is 0 Å². The topological polar surface area (TPSA) is 0 Å². The molecule has 1 saturated carbocycles. The first kappa shape index (κ1) is 8.34. The van der Waals surface area contributed by atoms with Crippen LogP contribution in [0.2, 0.25) is 0 Å². The van der Waals surface area contributed by atoms with Gasteiger partial charge < -0.3 is 0 Å². The molecule has 1 atom stereocenters. The Morgan fingerprint density at radius 1 is 1.25 bits per heavy atom. The first-order valence-corrected chi connectivity index (χ1v) is 5.40. The zero-order valence-electron chi connectivity index (χ0n) is 8.40. The van der Waals surface area contributed by atoms with Crippen LogP contribution in [0.15, 0.2) is 11.6 Å². The largest absolute Gasteiger partial charge is 0.0822 e. The molecule has 0 saturated heterocycles. The third-order valence-corrected chi connectivity index (χ3v) is 4.12. The quantitative estimate of drug-likeness (QED) is 0.476. The molecule has 0 aromatic carbocycles. The molecule has 2 aliphatic carbocycles. The Morgan fingerprint density at radius 2 is 1.92 bits per heavy atom. The zero-order valence-corrected chi connectivity index (χ0v) is 8.40. The summed E-state index contributed by atoms with van der Waals surface area (Å²) in [5.74, 6) is 0.855. The van der Waals surface area contributed by atoms with E-state index >= 15 is 0 Å². The van der Waals surface area contributed by atoms with Gasteiger partial charge in [0.05, 0.1) is 0 Å². The van der Waals surface area contributed by atoms with E-state index in [1.165, 1.54) is 38.5 Å². The molecule has 1 spiro atoms. The van der Waals surface area contributed by atoms with Crippen LogP contribution < -0.4 is 0 Å². The van der Waals surface area contributed by atoms with Gasteiger partial charge in [-0.2, -0.15) is 0 Å². The van der Waals surface area contributed by atoms with E-state index in [1.807, 2.05) is 0 Å². The summed E-state index contributed by atoms with van der Waals surface area (Å²) in [5.41, 5.74) is 2.36. The van der Waals surface area contributed by atoms with Crippen molar-refractivity contribution < 1.29 is 0 Å². The second kappa shape index (κ2) is 2.90. The average molecular weight is 164 g/mol. The van der Waals surface area contributed by atoms with Gasteiger partial charge in [-0.05, 0) is 43.9 Å². The van der Waals surface area contributed by atoms with Gasteiger partial charge in [0, 0.05) is 0 Å². The highest BCUT2D eigenvalue weighted by atomic mass is 14.4. The maximum atomic E-state index is 2.52. The molecule has 0 radical (unpaired) electrons. The van der Waals surface area contributed by atoms with Crippen LogP contribution in [0, 0.1) is 11.3 Å². The summed E-state index contributed by atoms with van der Waals surface area (Å²) in [7, 11) is 0. The predicted molar refractivity (Wildman–Crippen MR) is 53.1 cm³/mol. The molecule has 2 aliphatic rings. The van der Waals surface area contributed by atoms with Gasteiger partial charge in [0.2, 0.25) is 0 Å². The standard InChI is InChI=1S/C12H20/c1-10-5-8-12(11(2)9-10)6-3-4-7-12/h9,11H,3-8H2,1-2H3. The first-order valence-electron chi connectivity index (χ1n) is 5.40. The number of hydrogen-bond acceptors (Lipinski definition) is 0. The van der Waals surface area contributed by atoms with Gasteiger partial charge in [-0.15, -0.1) is 0 Å². The summed E-state index contributed by atoms with van der Waals surface area (Å²) in [5, 5.41) is 0. The molecule has 0 bridgehead atoms. The third-order valence-electron chi connectivity index (χ3n) is 4.12. The Hall–Kier alpha value is -0.260. The molecular weight excluding hydrogens is 144 g/mol. The maximum Gasteiger partial charge on any atom is -0.0203 e. The Kier molecular flexibility index (Phi) is 2.02. The molecule has 0 N–H and O–H groups in total. The van der Waals surface area contributed by atoms with Gasteiger partial charge in [0.1, 0.15) is 0 Å². The Morgan fingerprint density at radius 3 is 2.50 bits per heavy atom. The highest BCUT2D eigenvalue weighted by molar-refractivity contribution is 5.11. The summed E-state index contributed by atoms with van der Waals surface area (Å²) >= 11 is 0. The Bertz CT molecular complexity index is 194. The smallest absolute Gasteiger partial charge is 0.0203 e. The third kappa shape index (κ3) is 1.22. The number of hydrogen-bond donors (Lipinski definition) is 0. The van der Waals surface area contributed by atoms with Gasteiger partial charge in [0.25, 0.3) is 0 Å². The average Bonchev–Trinajstić information content (AvgIpc) is 2.48. The fourth-order valence-corrected chi connectivity index (χ4v) is 3.15. The minimum Gasteiger partial charge on any atom is -0.0822 e. The highest BCUT2D eigenvalue weighted by Crippen LogP contribution is 2.51. The molecular formula is C12H20. The van der Waals surface area contributed by atoms with Gasteiger partial charge in [-0.3, -0.25) is 0 Å². The van der Waals surface area contributed by atoms with Gasteiger partial charge in [-0.1, -0.05) is 31.4 Å². The predicted octanol–water partition coefficient (Wildman–Crippen LogP) is 3.92. The summed E-state index contributed by atoms with van der Waals surface area (Å²) in [4.78, 5) is 0. The summed E-state index contributed by atoms with van der Waals surface area (Å²) in [6, 6.07) is 0. The fraction of sp³-hybridized carbons (Fsp3) is 0.833. The van der Waals surface area contributed by atoms with Crippen molar-refractivity contribution in [3.05, 3.63) is 11.6 Å². The van der Waals surface area contributed by atoms with Crippen molar-refractivity contribution in [1.82, 2.24) is 0 Å². The van der Waals surface area contributed by atoms with Gasteiger partial charge in [-0.25, -0.2) is 0 Å². The van der Waals surface area contributed by atoms with Crippen LogP contribution in [-0.2, 0) is 0 Å². The Balaban J connectivity index is 2.17. The van der Waals surface area contributed by atoms with Gasteiger partial charge >= 0.3 is 0 Å². The number of rotatable bonds is 0. The second-order valence-corrected chi connectivity index (χ2v) is 4.87. The summed E-state index contributed by atoms with van der Waals surface area (Å²) in [6.07, 6.45) is 11.3. The van der Waals surface area contributed by atoms with E-state index in [-0.39, 0.29) is 0 Å². The van der Waals surface area contributed by atoms with Crippen LogP contribution in [0.1, 0.15) is 52.4 Å². The SMILES string of the molecule is CC1=CC(C)C2(CCCC2)CC1. The lowest BCUT2D eigenvalue weighted by Crippen LogP contribution is -2.27.